The Balaban J connectivity index is 1.99. The summed E-state index contributed by atoms with van der Waals surface area (Å²) in [6, 6.07) is 0. The number of nitrogens with zero attached hydrogens (tertiary/aromatic N) is 1. The van der Waals surface area contributed by atoms with Gasteiger partial charge in [-0.1, -0.05) is 13.3 Å². The molecular weight excluding hydrogens is 256 g/mol. The molecule has 0 spiro atoms. The van der Waals surface area contributed by atoms with Crippen molar-refractivity contribution in [2.75, 3.05) is 13.1 Å². The van der Waals surface area contributed by atoms with Gasteiger partial charge in [-0.05, 0) is 44.9 Å². The summed E-state index contributed by atoms with van der Waals surface area (Å²) in [4.78, 5) is 25.8. The van der Waals surface area contributed by atoms with E-state index in [4.69, 9.17) is 5.73 Å². The molecule has 0 aromatic rings. The number of amides is 1. The molecule has 5 nitrogen and oxygen atoms in total. The van der Waals surface area contributed by atoms with Crippen LogP contribution in [0, 0.1) is 11.3 Å². The van der Waals surface area contributed by atoms with Crippen molar-refractivity contribution in [1.29, 1.82) is 0 Å². The zero-order chi connectivity index (χ0) is 15.0. The summed E-state index contributed by atoms with van der Waals surface area (Å²) in [6.45, 7) is 4.86. The van der Waals surface area contributed by atoms with Gasteiger partial charge in [0.15, 0.2) is 0 Å². The van der Waals surface area contributed by atoms with Crippen LogP contribution in [0.4, 0.5) is 0 Å². The van der Waals surface area contributed by atoms with Crippen molar-refractivity contribution >= 4 is 11.9 Å². The van der Waals surface area contributed by atoms with Gasteiger partial charge < -0.3 is 15.7 Å². The minimum Gasteiger partial charge on any atom is -0.481 e. The number of hydrogen-bond donors (Lipinski definition) is 2. The van der Waals surface area contributed by atoms with Crippen LogP contribution in [0.1, 0.15) is 52.4 Å². The van der Waals surface area contributed by atoms with Crippen LogP contribution in [-0.2, 0) is 9.59 Å². The van der Waals surface area contributed by atoms with E-state index in [9.17, 15) is 14.7 Å². The molecule has 0 aromatic carbocycles. The fraction of sp³-hybridized carbons (Fsp3) is 0.867. The van der Waals surface area contributed by atoms with E-state index in [0.29, 0.717) is 38.3 Å². The van der Waals surface area contributed by atoms with Crippen LogP contribution in [0.3, 0.4) is 0 Å². The fourth-order valence-corrected chi connectivity index (χ4v) is 3.39. The summed E-state index contributed by atoms with van der Waals surface area (Å²) < 4.78 is 0. The lowest BCUT2D eigenvalue weighted by molar-refractivity contribution is -0.156. The van der Waals surface area contributed by atoms with Crippen LogP contribution in [0.25, 0.3) is 0 Å². The number of carbonyl (C=O) groups excluding carboxylic acids is 1. The summed E-state index contributed by atoms with van der Waals surface area (Å²) in [5.41, 5.74) is 4.76. The molecule has 1 aliphatic heterocycles. The van der Waals surface area contributed by atoms with Gasteiger partial charge in [-0.25, -0.2) is 0 Å². The first-order valence-corrected chi connectivity index (χ1v) is 7.65. The molecule has 3 N–H and O–H groups in total. The van der Waals surface area contributed by atoms with Gasteiger partial charge >= 0.3 is 5.97 Å². The van der Waals surface area contributed by atoms with Crippen molar-refractivity contribution in [2.45, 2.75) is 57.9 Å². The van der Waals surface area contributed by atoms with E-state index in [1.165, 1.54) is 0 Å². The molecule has 0 aromatic heterocycles. The molecule has 0 bridgehead atoms. The van der Waals surface area contributed by atoms with Crippen molar-refractivity contribution in [3.8, 4) is 0 Å². The quantitative estimate of drug-likeness (QED) is 0.802. The Kier molecular flexibility index (Phi) is 4.09. The Morgan fingerprint density at radius 3 is 2.30 bits per heavy atom. The van der Waals surface area contributed by atoms with E-state index in [1.807, 2.05) is 13.8 Å². The second-order valence-corrected chi connectivity index (χ2v) is 6.68. The highest BCUT2D eigenvalue weighted by Gasteiger charge is 2.48. The third-order valence-electron chi connectivity index (χ3n) is 5.08. The first kappa shape index (κ1) is 15.3. The van der Waals surface area contributed by atoms with Crippen molar-refractivity contribution in [2.24, 2.45) is 17.1 Å². The molecule has 1 unspecified atom stereocenters. The Morgan fingerprint density at radius 1 is 1.35 bits per heavy atom. The SMILES string of the molecule is CCCC1(C(=O)O)CCN(C(=O)C(C)(N)C2CC2)CC1. The summed E-state index contributed by atoms with van der Waals surface area (Å²) in [6.07, 6.45) is 4.69. The van der Waals surface area contributed by atoms with E-state index >= 15 is 0 Å². The van der Waals surface area contributed by atoms with Crippen LogP contribution >= 0.6 is 0 Å². The molecule has 1 amide bonds. The maximum atomic E-state index is 12.5. The lowest BCUT2D eigenvalue weighted by Crippen LogP contribution is -2.58. The number of hydrogen-bond acceptors (Lipinski definition) is 3. The zero-order valence-electron chi connectivity index (χ0n) is 12.5. The molecular formula is C15H26N2O3. The number of likely N-dealkylation sites (tertiary alicyclic amines) is 1. The first-order chi connectivity index (χ1) is 9.33. The molecule has 2 fully saturated rings. The molecule has 1 heterocycles. The molecule has 2 rings (SSSR count). The van der Waals surface area contributed by atoms with Gasteiger partial charge in [-0.15, -0.1) is 0 Å². The Hall–Kier alpha value is -1.10. The summed E-state index contributed by atoms with van der Waals surface area (Å²) in [5, 5.41) is 9.47. The van der Waals surface area contributed by atoms with E-state index in [0.717, 1.165) is 19.3 Å². The van der Waals surface area contributed by atoms with Crippen LogP contribution < -0.4 is 5.73 Å². The minimum absolute atomic E-state index is 0.00418. The van der Waals surface area contributed by atoms with Crippen LogP contribution in [0.2, 0.25) is 0 Å². The molecule has 5 heteroatoms. The normalized spacial score (nSPS) is 25.1. The van der Waals surface area contributed by atoms with Crippen LogP contribution in [-0.4, -0.2) is 40.5 Å². The monoisotopic (exact) mass is 282 g/mol. The molecule has 2 aliphatic rings. The minimum atomic E-state index is -0.770. The van der Waals surface area contributed by atoms with Crippen LogP contribution in [0.5, 0.6) is 0 Å². The fourth-order valence-electron chi connectivity index (χ4n) is 3.39. The third-order valence-corrected chi connectivity index (χ3v) is 5.08. The van der Waals surface area contributed by atoms with Crippen molar-refractivity contribution < 1.29 is 14.7 Å². The summed E-state index contributed by atoms with van der Waals surface area (Å²) >= 11 is 0. The van der Waals surface area contributed by atoms with E-state index in [-0.39, 0.29) is 5.91 Å². The zero-order valence-corrected chi connectivity index (χ0v) is 12.5. The standard InChI is InChI=1S/C15H26N2O3/c1-3-6-15(13(19)20)7-9-17(10-8-15)12(18)14(2,16)11-4-5-11/h11H,3-10,16H2,1-2H3,(H,19,20). The predicted octanol–water partition coefficient (Wildman–Crippen LogP) is 1.61. The highest BCUT2D eigenvalue weighted by Crippen LogP contribution is 2.41. The average Bonchev–Trinajstić information content (AvgIpc) is 3.23. The maximum Gasteiger partial charge on any atom is 0.309 e. The molecule has 1 saturated heterocycles. The lowest BCUT2D eigenvalue weighted by Gasteiger charge is -2.41. The number of rotatable bonds is 5. The van der Waals surface area contributed by atoms with Gasteiger partial charge in [0.25, 0.3) is 0 Å². The number of piperidine rings is 1. The molecule has 1 atom stereocenters. The number of nitrogens with two attached hydrogens (primary N) is 1. The van der Waals surface area contributed by atoms with Gasteiger partial charge in [0, 0.05) is 13.1 Å². The molecule has 20 heavy (non-hydrogen) atoms. The summed E-state index contributed by atoms with van der Waals surface area (Å²) in [7, 11) is 0. The van der Waals surface area contributed by atoms with Crippen LogP contribution in [0.15, 0.2) is 0 Å². The second-order valence-electron chi connectivity index (χ2n) is 6.68. The Labute approximate surface area is 120 Å². The second kappa shape index (κ2) is 5.35. The van der Waals surface area contributed by atoms with Gasteiger partial charge in [0.2, 0.25) is 5.91 Å². The van der Waals surface area contributed by atoms with E-state index in [1.54, 1.807) is 4.90 Å². The summed E-state index contributed by atoms with van der Waals surface area (Å²) in [5.74, 6) is -0.420. The number of carboxylic acid groups (broad SMARTS) is 1. The highest BCUT2D eigenvalue weighted by atomic mass is 16.4. The molecule has 1 saturated carbocycles. The van der Waals surface area contributed by atoms with E-state index in [2.05, 4.69) is 0 Å². The van der Waals surface area contributed by atoms with Gasteiger partial charge in [-0.2, -0.15) is 0 Å². The van der Waals surface area contributed by atoms with Crippen molar-refractivity contribution in [3.63, 3.8) is 0 Å². The topological polar surface area (TPSA) is 83.6 Å². The predicted molar refractivity (Wildman–Crippen MR) is 76.1 cm³/mol. The third kappa shape index (κ3) is 2.68. The van der Waals surface area contributed by atoms with E-state index < -0.39 is 16.9 Å². The first-order valence-electron chi connectivity index (χ1n) is 7.65. The number of carboxylic acids is 1. The Bertz CT molecular complexity index is 394. The molecule has 114 valence electrons. The lowest BCUT2D eigenvalue weighted by atomic mass is 9.74. The smallest absolute Gasteiger partial charge is 0.309 e. The largest absolute Gasteiger partial charge is 0.481 e. The molecule has 0 radical (unpaired) electrons. The van der Waals surface area contributed by atoms with Gasteiger partial charge in [0.1, 0.15) is 0 Å². The maximum absolute atomic E-state index is 12.5. The number of aliphatic carboxylic acids is 1. The highest BCUT2D eigenvalue weighted by molar-refractivity contribution is 5.87. The van der Waals surface area contributed by atoms with Gasteiger partial charge in [0.05, 0.1) is 11.0 Å². The molecule has 1 aliphatic carbocycles. The average molecular weight is 282 g/mol. The van der Waals surface area contributed by atoms with Crippen molar-refractivity contribution in [3.05, 3.63) is 0 Å². The van der Waals surface area contributed by atoms with Crippen molar-refractivity contribution in [1.82, 2.24) is 4.90 Å². The Morgan fingerprint density at radius 2 is 1.90 bits per heavy atom. The number of carbonyl (C=O) groups is 2. The van der Waals surface area contributed by atoms with Gasteiger partial charge in [-0.3, -0.25) is 9.59 Å².